The molecule has 0 radical (unpaired) electrons. The van der Waals surface area contributed by atoms with Crippen molar-refractivity contribution in [1.29, 1.82) is 0 Å². The first kappa shape index (κ1) is 16.1. The predicted molar refractivity (Wildman–Crippen MR) is 87.1 cm³/mol. The summed E-state index contributed by atoms with van der Waals surface area (Å²) in [5, 5.41) is 4.35. The van der Waals surface area contributed by atoms with Gasteiger partial charge >= 0.3 is 0 Å². The molecule has 23 heavy (non-hydrogen) atoms. The Labute approximate surface area is 136 Å². The lowest BCUT2D eigenvalue weighted by atomic mass is 10.2. The van der Waals surface area contributed by atoms with Crippen molar-refractivity contribution in [2.75, 3.05) is 18.8 Å². The summed E-state index contributed by atoms with van der Waals surface area (Å²) in [5.74, 6) is 0.0866. The van der Waals surface area contributed by atoms with Crippen LogP contribution in [0.1, 0.15) is 24.4 Å². The molecular formula is C15H21N5O2S. The molecule has 2 aromatic heterocycles. The third kappa shape index (κ3) is 3.95. The van der Waals surface area contributed by atoms with E-state index < -0.39 is 10.0 Å². The monoisotopic (exact) mass is 335 g/mol. The maximum Gasteiger partial charge on any atom is 0.211 e. The van der Waals surface area contributed by atoms with Crippen LogP contribution in [0.5, 0.6) is 0 Å². The molecule has 0 unspecified atom stereocenters. The molecule has 0 amide bonds. The molecule has 1 aliphatic heterocycles. The normalized spacial score (nSPS) is 18.7. The van der Waals surface area contributed by atoms with E-state index in [1.54, 1.807) is 19.3 Å². The van der Waals surface area contributed by atoms with Gasteiger partial charge in [0.1, 0.15) is 0 Å². The van der Waals surface area contributed by atoms with Gasteiger partial charge in [0.25, 0.3) is 0 Å². The van der Waals surface area contributed by atoms with Crippen molar-refractivity contribution in [2.45, 2.75) is 26.1 Å². The fourth-order valence-electron chi connectivity index (χ4n) is 2.78. The fourth-order valence-corrected chi connectivity index (χ4v) is 3.43. The zero-order chi connectivity index (χ0) is 16.3. The summed E-state index contributed by atoms with van der Waals surface area (Å²) < 4.78 is 28.0. The summed E-state index contributed by atoms with van der Waals surface area (Å²) in [7, 11) is -3.20. The second-order valence-electron chi connectivity index (χ2n) is 5.66. The fraction of sp³-hybridized carbons (Fsp3) is 0.467. The molecule has 0 aromatic carbocycles. The lowest BCUT2D eigenvalue weighted by Crippen LogP contribution is -2.43. The molecule has 0 fully saturated rings. The van der Waals surface area contributed by atoms with Crippen molar-refractivity contribution >= 4 is 10.0 Å². The van der Waals surface area contributed by atoms with Crippen LogP contribution in [0.25, 0.3) is 0 Å². The van der Waals surface area contributed by atoms with E-state index in [1.807, 2.05) is 28.9 Å². The summed E-state index contributed by atoms with van der Waals surface area (Å²) in [4.78, 5) is 6.63. The summed E-state index contributed by atoms with van der Waals surface area (Å²) in [5.41, 5.74) is 2.10. The number of nitrogens with one attached hydrogen (secondary N) is 1. The third-order valence-corrected chi connectivity index (χ3v) is 5.35. The maximum absolute atomic E-state index is 11.7. The molecule has 0 saturated heterocycles. The first-order valence-corrected chi connectivity index (χ1v) is 9.34. The van der Waals surface area contributed by atoms with Gasteiger partial charge in [-0.1, -0.05) is 6.07 Å². The molecule has 1 atom stereocenters. The number of sulfonamides is 1. The zero-order valence-electron chi connectivity index (χ0n) is 13.1. The molecular weight excluding hydrogens is 314 g/mol. The van der Waals surface area contributed by atoms with Gasteiger partial charge in [0.15, 0.2) is 0 Å². The second kappa shape index (κ2) is 6.77. The second-order valence-corrected chi connectivity index (χ2v) is 7.76. The summed E-state index contributed by atoms with van der Waals surface area (Å²) in [6.45, 7) is 4.24. The van der Waals surface area contributed by atoms with Crippen molar-refractivity contribution in [3.05, 3.63) is 48.0 Å². The van der Waals surface area contributed by atoms with E-state index in [0.29, 0.717) is 6.54 Å². The average Bonchev–Trinajstić information content (AvgIpc) is 3.02. The van der Waals surface area contributed by atoms with Crippen LogP contribution in [0.2, 0.25) is 0 Å². The van der Waals surface area contributed by atoms with E-state index in [1.165, 1.54) is 0 Å². The van der Waals surface area contributed by atoms with Crippen LogP contribution in [0, 0.1) is 0 Å². The number of hydrogen-bond donors (Lipinski definition) is 1. The highest BCUT2D eigenvalue weighted by molar-refractivity contribution is 7.89. The maximum atomic E-state index is 11.7. The lowest BCUT2D eigenvalue weighted by molar-refractivity contribution is 0.166. The van der Waals surface area contributed by atoms with Gasteiger partial charge in [-0.3, -0.25) is 14.6 Å². The highest BCUT2D eigenvalue weighted by atomic mass is 32.2. The molecule has 2 aromatic rings. The Morgan fingerprint density at radius 2 is 2.17 bits per heavy atom. The van der Waals surface area contributed by atoms with E-state index in [0.717, 1.165) is 31.0 Å². The van der Waals surface area contributed by atoms with Crippen molar-refractivity contribution in [3.8, 4) is 0 Å². The van der Waals surface area contributed by atoms with E-state index in [4.69, 9.17) is 0 Å². The Kier molecular flexibility index (Phi) is 4.74. The molecule has 3 rings (SSSR count). The summed E-state index contributed by atoms with van der Waals surface area (Å²) >= 11 is 0. The van der Waals surface area contributed by atoms with Gasteiger partial charge < -0.3 is 0 Å². The lowest BCUT2D eigenvalue weighted by Gasteiger charge is -2.33. The Morgan fingerprint density at radius 3 is 2.91 bits per heavy atom. The van der Waals surface area contributed by atoms with Crippen molar-refractivity contribution in [1.82, 2.24) is 24.4 Å². The van der Waals surface area contributed by atoms with Crippen molar-refractivity contribution in [2.24, 2.45) is 0 Å². The number of pyridine rings is 1. The van der Waals surface area contributed by atoms with Crippen LogP contribution in [-0.4, -0.2) is 46.9 Å². The molecule has 7 nitrogen and oxygen atoms in total. The van der Waals surface area contributed by atoms with Gasteiger partial charge in [0.05, 0.1) is 23.2 Å². The minimum Gasteiger partial charge on any atom is -0.290 e. The minimum absolute atomic E-state index is 0.0150. The van der Waals surface area contributed by atoms with Gasteiger partial charge in [0.2, 0.25) is 10.0 Å². The number of rotatable bonds is 6. The highest BCUT2D eigenvalue weighted by Crippen LogP contribution is 2.21. The van der Waals surface area contributed by atoms with Crippen LogP contribution in [0.4, 0.5) is 0 Å². The first-order valence-electron chi connectivity index (χ1n) is 7.69. The largest absolute Gasteiger partial charge is 0.290 e. The zero-order valence-corrected chi connectivity index (χ0v) is 13.9. The van der Waals surface area contributed by atoms with Crippen molar-refractivity contribution < 1.29 is 8.42 Å². The number of hydrogen-bond acceptors (Lipinski definition) is 5. The Morgan fingerprint density at radius 1 is 1.30 bits per heavy atom. The number of fused-ring (bicyclic) bond motifs is 1. The molecule has 0 bridgehead atoms. The summed E-state index contributed by atoms with van der Waals surface area (Å²) in [6.07, 6.45) is 3.55. The van der Waals surface area contributed by atoms with Crippen LogP contribution >= 0.6 is 0 Å². The Balaban J connectivity index is 1.72. The molecule has 3 heterocycles. The van der Waals surface area contributed by atoms with E-state index >= 15 is 0 Å². The van der Waals surface area contributed by atoms with Gasteiger partial charge in [0, 0.05) is 38.6 Å². The van der Waals surface area contributed by atoms with E-state index in [9.17, 15) is 8.42 Å². The molecule has 1 aliphatic rings. The molecule has 0 spiro atoms. The highest BCUT2D eigenvalue weighted by Gasteiger charge is 2.26. The minimum atomic E-state index is -3.20. The van der Waals surface area contributed by atoms with Gasteiger partial charge in [-0.2, -0.15) is 5.10 Å². The smallest absolute Gasteiger partial charge is 0.211 e. The van der Waals surface area contributed by atoms with E-state index in [-0.39, 0.29) is 11.8 Å². The van der Waals surface area contributed by atoms with Crippen molar-refractivity contribution in [3.63, 3.8) is 0 Å². The summed E-state index contributed by atoms with van der Waals surface area (Å²) in [6, 6.07) is 7.84. The third-order valence-electron chi connectivity index (χ3n) is 3.98. The van der Waals surface area contributed by atoms with Gasteiger partial charge in [-0.25, -0.2) is 13.1 Å². The molecule has 124 valence electrons. The van der Waals surface area contributed by atoms with E-state index in [2.05, 4.69) is 19.7 Å². The van der Waals surface area contributed by atoms with Crippen LogP contribution in [0.3, 0.4) is 0 Å². The topological polar surface area (TPSA) is 80.1 Å². The molecule has 0 aliphatic carbocycles. The van der Waals surface area contributed by atoms with Crippen LogP contribution in [0.15, 0.2) is 36.7 Å². The Hall–Kier alpha value is -1.77. The van der Waals surface area contributed by atoms with Gasteiger partial charge in [-0.15, -0.1) is 0 Å². The standard InChI is InChI=1S/C15H21N5O2S/c1-2-23(21,22)18-9-15-12-19(10-13-5-3-4-7-16-13)11-14-6-8-17-20(14)15/h3-8,15,18H,2,9-12H2,1H3/t15-/m1/s1. The molecule has 0 saturated carbocycles. The Bertz CT molecular complexity index is 744. The number of aromatic nitrogens is 3. The predicted octanol–water partition coefficient (Wildman–Crippen LogP) is 0.774. The first-order chi connectivity index (χ1) is 11.1. The number of nitrogens with zero attached hydrogens (tertiary/aromatic N) is 4. The van der Waals surface area contributed by atoms with Gasteiger partial charge in [-0.05, 0) is 25.1 Å². The SMILES string of the molecule is CCS(=O)(=O)NC[C@@H]1CN(Cc2ccccn2)Cc2ccnn21. The average molecular weight is 335 g/mol. The van der Waals surface area contributed by atoms with Crippen LogP contribution in [-0.2, 0) is 23.1 Å². The molecule has 1 N–H and O–H groups in total. The van der Waals surface area contributed by atoms with Crippen LogP contribution < -0.4 is 4.72 Å². The molecule has 8 heteroatoms. The quantitative estimate of drug-likeness (QED) is 0.844.